The fourth-order valence-electron chi connectivity index (χ4n) is 2.27. The highest BCUT2D eigenvalue weighted by molar-refractivity contribution is 5.68. The molecule has 0 amide bonds. The molecule has 0 atom stereocenters. The van der Waals surface area contributed by atoms with Gasteiger partial charge in [0, 0.05) is 11.8 Å². The molecular weight excluding hydrogens is 265 g/mol. The van der Waals surface area contributed by atoms with Crippen LogP contribution in [0.1, 0.15) is 11.3 Å². The van der Waals surface area contributed by atoms with Crippen LogP contribution in [0.3, 0.4) is 0 Å². The van der Waals surface area contributed by atoms with Gasteiger partial charge in [0.25, 0.3) is 0 Å². The Balaban J connectivity index is 2.40. The van der Waals surface area contributed by atoms with Gasteiger partial charge in [-0.1, -0.05) is 36.4 Å². The molecule has 2 nitrogen and oxygen atoms in total. The van der Waals surface area contributed by atoms with Crippen LogP contribution in [0.2, 0.25) is 0 Å². The molecule has 5 heteroatoms. The zero-order valence-electron chi connectivity index (χ0n) is 10.6. The highest BCUT2D eigenvalue weighted by Crippen LogP contribution is 2.37. The third kappa shape index (κ3) is 1.95. The van der Waals surface area contributed by atoms with Crippen molar-refractivity contribution in [2.45, 2.75) is 13.1 Å². The van der Waals surface area contributed by atoms with E-state index in [1.807, 2.05) is 0 Å². The Morgan fingerprint density at radius 1 is 1.00 bits per heavy atom. The lowest BCUT2D eigenvalue weighted by atomic mass is 10.1. The molecule has 0 unspecified atom stereocenters. The van der Waals surface area contributed by atoms with Crippen molar-refractivity contribution in [2.75, 3.05) is 0 Å². The van der Waals surface area contributed by atoms with Crippen LogP contribution >= 0.6 is 0 Å². The summed E-state index contributed by atoms with van der Waals surface area (Å²) in [4.78, 5) is 4.19. The van der Waals surface area contributed by atoms with E-state index in [1.54, 1.807) is 49.4 Å². The van der Waals surface area contributed by atoms with E-state index in [1.165, 1.54) is 6.20 Å². The molecule has 1 aromatic carbocycles. The molecule has 0 fully saturated rings. The summed E-state index contributed by atoms with van der Waals surface area (Å²) in [5.74, 6) is 0. The molecule has 0 saturated carbocycles. The van der Waals surface area contributed by atoms with Gasteiger partial charge in [-0.25, -0.2) is 4.98 Å². The number of hydrogen-bond acceptors (Lipinski definition) is 1. The molecule has 3 aromatic rings. The molecule has 102 valence electrons. The van der Waals surface area contributed by atoms with Gasteiger partial charge in [0.2, 0.25) is 0 Å². The Bertz CT molecular complexity index is 758. The number of benzene rings is 1. The molecule has 0 aliphatic carbocycles. The van der Waals surface area contributed by atoms with Crippen LogP contribution in [0.5, 0.6) is 0 Å². The number of nitrogens with zero attached hydrogens (tertiary/aromatic N) is 2. The fourth-order valence-corrected chi connectivity index (χ4v) is 2.27. The molecule has 0 aliphatic rings. The average Bonchev–Trinajstić information content (AvgIpc) is 2.80. The van der Waals surface area contributed by atoms with E-state index in [9.17, 15) is 13.2 Å². The number of rotatable bonds is 1. The van der Waals surface area contributed by atoms with E-state index in [0.29, 0.717) is 16.8 Å². The van der Waals surface area contributed by atoms with Crippen LogP contribution in [-0.2, 0) is 6.18 Å². The molecule has 20 heavy (non-hydrogen) atoms. The first kappa shape index (κ1) is 12.7. The van der Waals surface area contributed by atoms with E-state index in [0.717, 1.165) is 4.40 Å². The van der Waals surface area contributed by atoms with Gasteiger partial charge in [-0.2, -0.15) is 13.2 Å². The van der Waals surface area contributed by atoms with Gasteiger partial charge in [-0.3, -0.25) is 4.40 Å². The van der Waals surface area contributed by atoms with Gasteiger partial charge < -0.3 is 0 Å². The molecule has 2 heterocycles. The van der Waals surface area contributed by atoms with Gasteiger partial charge in [0.1, 0.15) is 11.3 Å². The third-order valence-electron chi connectivity index (χ3n) is 3.16. The van der Waals surface area contributed by atoms with Crippen molar-refractivity contribution in [3.05, 3.63) is 59.9 Å². The Kier molecular flexibility index (Phi) is 2.78. The van der Waals surface area contributed by atoms with Crippen molar-refractivity contribution in [3.8, 4) is 11.3 Å². The second-order valence-corrected chi connectivity index (χ2v) is 4.56. The minimum Gasteiger partial charge on any atom is -0.295 e. The van der Waals surface area contributed by atoms with E-state index < -0.39 is 11.9 Å². The average molecular weight is 276 g/mol. The lowest BCUT2D eigenvalue weighted by Gasteiger charge is -2.09. The minimum absolute atomic E-state index is 0.0348. The normalized spacial score (nSPS) is 12.0. The van der Waals surface area contributed by atoms with Crippen molar-refractivity contribution >= 4 is 5.65 Å². The predicted molar refractivity (Wildman–Crippen MR) is 70.4 cm³/mol. The van der Waals surface area contributed by atoms with Crippen LogP contribution in [0.15, 0.2) is 48.7 Å². The zero-order chi connectivity index (χ0) is 14.3. The molecule has 3 rings (SSSR count). The van der Waals surface area contributed by atoms with Crippen LogP contribution in [0.25, 0.3) is 16.9 Å². The Labute approximate surface area is 113 Å². The van der Waals surface area contributed by atoms with Crippen molar-refractivity contribution in [1.29, 1.82) is 0 Å². The van der Waals surface area contributed by atoms with Gasteiger partial charge >= 0.3 is 6.18 Å². The fraction of sp³-hybridized carbons (Fsp3) is 0.133. The minimum atomic E-state index is -4.46. The lowest BCUT2D eigenvalue weighted by molar-refractivity contribution is -0.141. The second kappa shape index (κ2) is 4.37. The summed E-state index contributed by atoms with van der Waals surface area (Å²) in [5, 5.41) is 0. The topological polar surface area (TPSA) is 17.3 Å². The smallest absolute Gasteiger partial charge is 0.295 e. The molecule has 0 saturated heterocycles. The van der Waals surface area contributed by atoms with Crippen molar-refractivity contribution in [2.24, 2.45) is 0 Å². The zero-order valence-corrected chi connectivity index (χ0v) is 10.6. The highest BCUT2D eigenvalue weighted by atomic mass is 19.4. The summed E-state index contributed by atoms with van der Waals surface area (Å²) >= 11 is 0. The summed E-state index contributed by atoms with van der Waals surface area (Å²) in [6.07, 6.45) is -3.07. The summed E-state index contributed by atoms with van der Waals surface area (Å²) in [6.45, 7) is 1.75. The second-order valence-electron chi connectivity index (χ2n) is 4.56. The molecule has 2 aromatic heterocycles. The standard InChI is InChI=1S/C15H11F3N2/c1-10-6-5-9-20-13(15(16,17)18)12(19-14(10)20)11-7-3-2-4-8-11/h2-9H,1H3. The maximum Gasteiger partial charge on any atom is 0.433 e. The van der Waals surface area contributed by atoms with Crippen molar-refractivity contribution in [3.63, 3.8) is 0 Å². The van der Waals surface area contributed by atoms with E-state index >= 15 is 0 Å². The Hall–Kier alpha value is -2.30. The van der Waals surface area contributed by atoms with Gasteiger partial charge in [0.05, 0.1) is 0 Å². The lowest BCUT2D eigenvalue weighted by Crippen LogP contribution is -2.10. The molecule has 0 bridgehead atoms. The Morgan fingerprint density at radius 2 is 1.70 bits per heavy atom. The number of aromatic nitrogens is 2. The quantitative estimate of drug-likeness (QED) is 0.646. The first-order valence-corrected chi connectivity index (χ1v) is 6.09. The van der Waals surface area contributed by atoms with Crippen LogP contribution in [0.4, 0.5) is 13.2 Å². The summed E-state index contributed by atoms with van der Waals surface area (Å²) in [6, 6.07) is 11.8. The number of fused-ring (bicyclic) bond motifs is 1. The predicted octanol–water partition coefficient (Wildman–Crippen LogP) is 4.33. The van der Waals surface area contributed by atoms with Crippen LogP contribution in [-0.4, -0.2) is 9.38 Å². The molecular formula is C15H11F3N2. The van der Waals surface area contributed by atoms with Crippen LogP contribution in [0, 0.1) is 6.92 Å². The molecule has 0 N–H and O–H groups in total. The maximum absolute atomic E-state index is 13.4. The highest BCUT2D eigenvalue weighted by Gasteiger charge is 2.38. The number of aryl methyl sites for hydroxylation is 1. The van der Waals surface area contributed by atoms with Gasteiger partial charge in [-0.15, -0.1) is 0 Å². The maximum atomic E-state index is 13.4. The van der Waals surface area contributed by atoms with Gasteiger partial charge in [-0.05, 0) is 18.6 Å². The number of pyridine rings is 1. The Morgan fingerprint density at radius 3 is 2.35 bits per heavy atom. The molecule has 0 spiro atoms. The number of hydrogen-bond donors (Lipinski definition) is 0. The van der Waals surface area contributed by atoms with Crippen LogP contribution < -0.4 is 0 Å². The van der Waals surface area contributed by atoms with E-state index in [2.05, 4.69) is 4.98 Å². The summed E-state index contributed by atoms with van der Waals surface area (Å²) in [7, 11) is 0. The molecule has 0 aliphatic heterocycles. The third-order valence-corrected chi connectivity index (χ3v) is 3.16. The number of imidazole rings is 1. The van der Waals surface area contributed by atoms with E-state index in [-0.39, 0.29) is 5.69 Å². The SMILES string of the molecule is Cc1cccn2c(C(F)(F)F)c(-c3ccccc3)nc12. The largest absolute Gasteiger partial charge is 0.433 e. The van der Waals surface area contributed by atoms with Crippen molar-refractivity contribution in [1.82, 2.24) is 9.38 Å². The number of halogens is 3. The molecule has 0 radical (unpaired) electrons. The first-order chi connectivity index (χ1) is 9.48. The van der Waals surface area contributed by atoms with Crippen molar-refractivity contribution < 1.29 is 13.2 Å². The van der Waals surface area contributed by atoms with Gasteiger partial charge in [0.15, 0.2) is 5.69 Å². The monoisotopic (exact) mass is 276 g/mol. The summed E-state index contributed by atoms with van der Waals surface area (Å²) in [5.41, 5.74) is 0.733. The van der Waals surface area contributed by atoms with E-state index in [4.69, 9.17) is 0 Å². The summed E-state index contributed by atoms with van der Waals surface area (Å²) < 4.78 is 41.2. The number of alkyl halides is 3. The first-order valence-electron chi connectivity index (χ1n) is 6.09.